The summed E-state index contributed by atoms with van der Waals surface area (Å²) in [6.45, 7) is 2.73. The van der Waals surface area contributed by atoms with Gasteiger partial charge in [0.25, 0.3) is 0 Å². The van der Waals surface area contributed by atoms with Crippen LogP contribution in [0.3, 0.4) is 0 Å². The highest BCUT2D eigenvalue weighted by Gasteiger charge is 2.18. The molecule has 3 aromatic heterocycles. The van der Waals surface area contributed by atoms with Crippen molar-refractivity contribution in [3.63, 3.8) is 0 Å². The van der Waals surface area contributed by atoms with Crippen LogP contribution in [0.2, 0.25) is 0 Å². The highest BCUT2D eigenvalue weighted by molar-refractivity contribution is 5.93. The zero-order valence-electron chi connectivity index (χ0n) is 14.3. The summed E-state index contributed by atoms with van der Waals surface area (Å²) < 4.78 is 25.0. The van der Waals surface area contributed by atoms with Crippen LogP contribution in [-0.4, -0.2) is 46.4 Å². The van der Waals surface area contributed by atoms with Crippen molar-refractivity contribution in [1.82, 2.24) is 25.3 Å². The normalized spacial score (nSPS) is 12.1. The van der Waals surface area contributed by atoms with Crippen LogP contribution < -0.4 is 14.8 Å². The number of ether oxygens (including phenoxy) is 2. The molecule has 0 aliphatic heterocycles. The molecule has 0 aliphatic rings. The number of H-pyrrole nitrogens is 1. The maximum absolute atomic E-state index is 13.6. The first kappa shape index (κ1) is 17.7. The lowest BCUT2D eigenvalue weighted by molar-refractivity contribution is 0.112. The maximum atomic E-state index is 13.6. The molecule has 3 aromatic rings. The topological polar surface area (TPSA) is 102 Å². The fourth-order valence-electron chi connectivity index (χ4n) is 2.39. The smallest absolute Gasteiger partial charge is 0.233 e. The van der Waals surface area contributed by atoms with Crippen LogP contribution in [-0.2, 0) is 0 Å². The van der Waals surface area contributed by atoms with Crippen molar-refractivity contribution in [1.29, 1.82) is 0 Å². The van der Waals surface area contributed by atoms with E-state index >= 15 is 0 Å². The lowest BCUT2D eigenvalue weighted by Gasteiger charge is -2.17. The molecule has 8 nitrogen and oxygen atoms in total. The minimum Gasteiger partial charge on any atom is -0.476 e. The summed E-state index contributed by atoms with van der Waals surface area (Å²) in [6, 6.07) is 1.31. The van der Waals surface area contributed by atoms with E-state index in [4.69, 9.17) is 9.47 Å². The minimum atomic E-state index is -0.590. The summed E-state index contributed by atoms with van der Waals surface area (Å²) in [5, 5.41) is 2.96. The number of nitrogens with one attached hydrogen (secondary N) is 2. The Balaban J connectivity index is 1.84. The number of nitrogens with zero attached hydrogens (tertiary/aromatic N) is 3. The predicted molar refractivity (Wildman–Crippen MR) is 91.9 cm³/mol. The second kappa shape index (κ2) is 7.87. The molecule has 0 radical (unpaired) electrons. The molecule has 0 aliphatic carbocycles. The average Bonchev–Trinajstić information content (AvgIpc) is 3.05. The molecule has 0 amide bonds. The van der Waals surface area contributed by atoms with Crippen molar-refractivity contribution < 1.29 is 18.7 Å². The number of aromatic nitrogens is 4. The quantitative estimate of drug-likeness (QED) is 0.469. The molecule has 2 N–H and O–H groups in total. The van der Waals surface area contributed by atoms with Crippen LogP contribution >= 0.6 is 0 Å². The number of fused-ring (bicyclic) bond motifs is 1. The van der Waals surface area contributed by atoms with Crippen LogP contribution in [0.25, 0.3) is 11.2 Å². The molecule has 0 fully saturated rings. The molecule has 0 saturated carbocycles. The van der Waals surface area contributed by atoms with E-state index < -0.39 is 11.9 Å². The number of aldehydes is 1. The van der Waals surface area contributed by atoms with E-state index in [1.54, 1.807) is 14.0 Å². The van der Waals surface area contributed by atoms with Crippen molar-refractivity contribution in [2.75, 3.05) is 20.2 Å². The first-order valence-electron chi connectivity index (χ1n) is 8.01. The number of hydrogen-bond donors (Lipinski definition) is 2. The third-order valence-electron chi connectivity index (χ3n) is 3.69. The molecule has 1 atom stereocenters. The van der Waals surface area contributed by atoms with Crippen LogP contribution in [0, 0.1) is 5.82 Å². The van der Waals surface area contributed by atoms with Gasteiger partial charge in [0, 0.05) is 12.7 Å². The number of likely N-dealkylation sites (N-methyl/N-ethyl adjacent to an activating group) is 1. The van der Waals surface area contributed by atoms with E-state index in [2.05, 4.69) is 25.3 Å². The Morgan fingerprint density at radius 1 is 1.38 bits per heavy atom. The van der Waals surface area contributed by atoms with Gasteiger partial charge in [-0.15, -0.1) is 0 Å². The lowest BCUT2D eigenvalue weighted by atomic mass is 10.1. The minimum absolute atomic E-state index is 0.207. The lowest BCUT2D eigenvalue weighted by Crippen LogP contribution is -2.18. The van der Waals surface area contributed by atoms with Crippen LogP contribution in [0.4, 0.5) is 4.39 Å². The van der Waals surface area contributed by atoms with Gasteiger partial charge in [0.1, 0.15) is 24.0 Å². The van der Waals surface area contributed by atoms with E-state index in [1.165, 1.54) is 18.5 Å². The Morgan fingerprint density at radius 2 is 2.23 bits per heavy atom. The zero-order valence-corrected chi connectivity index (χ0v) is 14.3. The Morgan fingerprint density at radius 3 is 3.00 bits per heavy atom. The number of carbonyl (C=O) groups excluding carboxylic acids is 1. The Labute approximate surface area is 148 Å². The number of rotatable bonds is 8. The van der Waals surface area contributed by atoms with Gasteiger partial charge in [-0.1, -0.05) is 0 Å². The Kier molecular flexibility index (Phi) is 5.37. The highest BCUT2D eigenvalue weighted by atomic mass is 19.1. The van der Waals surface area contributed by atoms with Gasteiger partial charge in [0.05, 0.1) is 23.5 Å². The summed E-state index contributed by atoms with van der Waals surface area (Å²) >= 11 is 0. The molecular formula is C17H18FN5O3. The molecule has 0 bridgehead atoms. The zero-order chi connectivity index (χ0) is 18.5. The van der Waals surface area contributed by atoms with Crippen molar-refractivity contribution in [3.8, 4) is 11.8 Å². The number of pyridine rings is 1. The van der Waals surface area contributed by atoms with E-state index in [9.17, 15) is 9.18 Å². The molecule has 9 heteroatoms. The second-order valence-corrected chi connectivity index (χ2v) is 5.53. The van der Waals surface area contributed by atoms with Crippen molar-refractivity contribution >= 4 is 17.5 Å². The average molecular weight is 359 g/mol. The first-order valence-corrected chi connectivity index (χ1v) is 8.01. The molecule has 136 valence electrons. The third-order valence-corrected chi connectivity index (χ3v) is 3.69. The van der Waals surface area contributed by atoms with Crippen LogP contribution in [0.15, 0.2) is 24.7 Å². The largest absolute Gasteiger partial charge is 0.476 e. The standard InChI is InChI=1S/C17H18FN5O3/c1-10(13-5-12(18)7-22-17(13)25-4-3-19-2)26-14-8-21-16-15(23-14)11(9-24)6-20-16/h5-10,19H,3-4H2,1-2H3,(H,20,21)/t10-/m1/s1. The van der Waals surface area contributed by atoms with Gasteiger partial charge < -0.3 is 19.8 Å². The summed E-state index contributed by atoms with van der Waals surface area (Å²) in [6.07, 6.45) is 4.14. The van der Waals surface area contributed by atoms with E-state index in [0.717, 1.165) is 6.20 Å². The number of halogens is 1. The Bertz CT molecular complexity index is 915. The number of aromatic amines is 1. The fraction of sp³-hybridized carbons (Fsp3) is 0.294. The summed E-state index contributed by atoms with van der Waals surface area (Å²) in [5.74, 6) is 0.00313. The van der Waals surface area contributed by atoms with Crippen LogP contribution in [0.1, 0.15) is 28.9 Å². The Hall–Kier alpha value is -3.07. The van der Waals surface area contributed by atoms with Crippen LogP contribution in [0.5, 0.6) is 11.8 Å². The highest BCUT2D eigenvalue weighted by Crippen LogP contribution is 2.28. The monoisotopic (exact) mass is 359 g/mol. The van der Waals surface area contributed by atoms with Gasteiger partial charge in [0.2, 0.25) is 11.8 Å². The number of hydrogen-bond acceptors (Lipinski definition) is 7. The summed E-state index contributed by atoms with van der Waals surface area (Å²) in [5.41, 5.74) is 1.73. The molecule has 0 aromatic carbocycles. The van der Waals surface area contributed by atoms with Gasteiger partial charge in [-0.3, -0.25) is 4.79 Å². The molecule has 0 unspecified atom stereocenters. The summed E-state index contributed by atoms with van der Waals surface area (Å²) in [4.78, 5) is 26.3. The molecule has 26 heavy (non-hydrogen) atoms. The molecule has 3 heterocycles. The van der Waals surface area contributed by atoms with Crippen molar-refractivity contribution in [2.24, 2.45) is 0 Å². The van der Waals surface area contributed by atoms with Crippen molar-refractivity contribution in [2.45, 2.75) is 13.0 Å². The van der Waals surface area contributed by atoms with Gasteiger partial charge >= 0.3 is 0 Å². The molecular weight excluding hydrogens is 341 g/mol. The van der Waals surface area contributed by atoms with E-state index in [-0.39, 0.29) is 5.88 Å². The fourth-order valence-corrected chi connectivity index (χ4v) is 2.39. The van der Waals surface area contributed by atoms with Crippen molar-refractivity contribution in [3.05, 3.63) is 41.6 Å². The first-order chi connectivity index (χ1) is 12.6. The summed E-state index contributed by atoms with van der Waals surface area (Å²) in [7, 11) is 1.80. The van der Waals surface area contributed by atoms with E-state index in [0.29, 0.717) is 47.6 Å². The third kappa shape index (κ3) is 3.77. The SMILES string of the molecule is CNCCOc1ncc(F)cc1[C@@H](C)Oc1cnc2[nH]cc(C=O)c2n1. The molecule has 0 spiro atoms. The van der Waals surface area contributed by atoms with Gasteiger partial charge in [-0.2, -0.15) is 0 Å². The number of carbonyl (C=O) groups is 1. The van der Waals surface area contributed by atoms with E-state index in [1.807, 2.05) is 0 Å². The predicted octanol–water partition coefficient (Wildman–Crippen LogP) is 2.04. The van der Waals surface area contributed by atoms with Gasteiger partial charge in [0.15, 0.2) is 11.9 Å². The van der Waals surface area contributed by atoms with Gasteiger partial charge in [-0.05, 0) is 20.0 Å². The van der Waals surface area contributed by atoms with Gasteiger partial charge in [-0.25, -0.2) is 19.3 Å². The maximum Gasteiger partial charge on any atom is 0.233 e. The molecule has 3 rings (SSSR count). The second-order valence-electron chi connectivity index (χ2n) is 5.53. The molecule has 0 saturated heterocycles.